The van der Waals surface area contributed by atoms with Crippen molar-refractivity contribution in [1.82, 2.24) is 0 Å². The average Bonchev–Trinajstić information content (AvgIpc) is 2.40. The van der Waals surface area contributed by atoms with Crippen molar-refractivity contribution < 1.29 is 9.00 Å². The minimum atomic E-state index is -1.17. The predicted octanol–water partition coefficient (Wildman–Crippen LogP) is 2.72. The van der Waals surface area contributed by atoms with Gasteiger partial charge in [0.1, 0.15) is 0 Å². The smallest absolute Gasteiger partial charge is 0.175 e. The first-order valence-electron chi connectivity index (χ1n) is 5.81. The van der Waals surface area contributed by atoms with Crippen LogP contribution in [-0.4, -0.2) is 15.7 Å². The van der Waals surface area contributed by atoms with E-state index in [1.165, 1.54) is 0 Å². The molecule has 0 aromatic heterocycles. The molecule has 2 nitrogen and oxygen atoms in total. The first kappa shape index (κ1) is 11.4. The molecule has 2 aromatic carbocycles. The van der Waals surface area contributed by atoms with Crippen LogP contribution in [0, 0.1) is 0 Å². The number of carbonyl (C=O) groups is 1. The van der Waals surface area contributed by atoms with E-state index < -0.39 is 10.8 Å². The minimum absolute atomic E-state index is 0.0175. The van der Waals surface area contributed by atoms with Gasteiger partial charge in [0.15, 0.2) is 5.78 Å². The highest BCUT2D eigenvalue weighted by molar-refractivity contribution is 7.86. The van der Waals surface area contributed by atoms with Crippen LogP contribution < -0.4 is 0 Å². The van der Waals surface area contributed by atoms with Crippen molar-refractivity contribution in [2.75, 3.05) is 5.75 Å². The number of benzene rings is 2. The monoisotopic (exact) mass is 256 g/mol. The number of hydrogen-bond acceptors (Lipinski definition) is 2. The van der Waals surface area contributed by atoms with Gasteiger partial charge in [-0.3, -0.25) is 9.00 Å². The van der Waals surface area contributed by atoms with Gasteiger partial charge in [-0.25, -0.2) is 0 Å². The number of Topliss-reactive ketones (excluding diaryl/α,β-unsaturated/α-hetero) is 1. The molecule has 3 rings (SSSR count). The van der Waals surface area contributed by atoms with Gasteiger partial charge in [0.05, 0.1) is 11.0 Å². The molecule has 90 valence electrons. The summed E-state index contributed by atoms with van der Waals surface area (Å²) in [6, 6.07) is 17.2. The highest BCUT2D eigenvalue weighted by Crippen LogP contribution is 2.34. The van der Waals surface area contributed by atoms with Gasteiger partial charge in [0.25, 0.3) is 0 Å². The molecule has 1 aliphatic heterocycles. The van der Waals surface area contributed by atoms with Gasteiger partial charge >= 0.3 is 0 Å². The Balaban J connectivity index is 2.18. The molecule has 2 atom stereocenters. The van der Waals surface area contributed by atoms with Crippen LogP contribution in [-0.2, 0) is 10.8 Å². The Morgan fingerprint density at radius 1 is 0.944 bits per heavy atom. The maximum atomic E-state index is 12.3. The molecule has 0 N–H and O–H groups in total. The lowest BCUT2D eigenvalue weighted by Gasteiger charge is -2.24. The summed E-state index contributed by atoms with van der Waals surface area (Å²) in [4.78, 5) is 11.9. The van der Waals surface area contributed by atoms with Crippen LogP contribution in [0.4, 0.5) is 0 Å². The molecule has 0 saturated heterocycles. The first-order chi connectivity index (χ1) is 8.77. The number of rotatable bonds is 1. The lowest BCUT2D eigenvalue weighted by atomic mass is 9.97. The van der Waals surface area contributed by atoms with Gasteiger partial charge in [-0.15, -0.1) is 0 Å². The van der Waals surface area contributed by atoms with E-state index in [1.807, 2.05) is 54.6 Å². The molecule has 2 aromatic rings. The van der Waals surface area contributed by atoms with Crippen LogP contribution in [0.3, 0.4) is 0 Å². The van der Waals surface area contributed by atoms with Gasteiger partial charge in [-0.2, -0.15) is 0 Å². The average molecular weight is 256 g/mol. The van der Waals surface area contributed by atoms with Crippen molar-refractivity contribution in [3.05, 3.63) is 71.3 Å². The normalized spacial score (nSPS) is 22.6. The molecule has 18 heavy (non-hydrogen) atoms. The summed E-state index contributed by atoms with van der Waals surface area (Å²) in [7, 11) is -1.17. The van der Waals surface area contributed by atoms with Crippen molar-refractivity contribution in [2.45, 2.75) is 5.25 Å². The molecule has 0 radical (unpaired) electrons. The van der Waals surface area contributed by atoms with Crippen LogP contribution in [0.5, 0.6) is 0 Å². The lowest BCUT2D eigenvalue weighted by molar-refractivity contribution is 0.101. The molecular formula is C15H12O2S. The van der Waals surface area contributed by atoms with Crippen LogP contribution in [0.25, 0.3) is 0 Å². The largest absolute Gasteiger partial charge is 0.293 e. The van der Waals surface area contributed by atoms with Gasteiger partial charge in [0.2, 0.25) is 0 Å². The third-order valence-electron chi connectivity index (χ3n) is 3.18. The van der Waals surface area contributed by atoms with E-state index in [1.54, 1.807) is 0 Å². The predicted molar refractivity (Wildman–Crippen MR) is 72.1 cm³/mol. The van der Waals surface area contributed by atoms with Gasteiger partial charge in [-0.05, 0) is 11.1 Å². The summed E-state index contributed by atoms with van der Waals surface area (Å²) < 4.78 is 12.3. The van der Waals surface area contributed by atoms with Crippen molar-refractivity contribution in [2.24, 2.45) is 0 Å². The van der Waals surface area contributed by atoms with E-state index >= 15 is 0 Å². The van der Waals surface area contributed by atoms with E-state index in [9.17, 15) is 9.00 Å². The molecule has 0 spiro atoms. The Hall–Kier alpha value is -1.74. The molecule has 0 fully saturated rings. The number of fused-ring (bicyclic) bond motifs is 1. The van der Waals surface area contributed by atoms with Gasteiger partial charge < -0.3 is 0 Å². The lowest BCUT2D eigenvalue weighted by Crippen LogP contribution is -2.25. The second-order valence-corrected chi connectivity index (χ2v) is 5.85. The Bertz CT molecular complexity index is 619. The van der Waals surface area contributed by atoms with Crippen LogP contribution in [0.1, 0.15) is 26.7 Å². The molecule has 2 unspecified atom stereocenters. The summed E-state index contributed by atoms with van der Waals surface area (Å²) in [6.07, 6.45) is 0. The van der Waals surface area contributed by atoms with Crippen molar-refractivity contribution >= 4 is 16.6 Å². The van der Waals surface area contributed by atoms with Gasteiger partial charge in [-0.1, -0.05) is 54.6 Å². The summed E-state index contributed by atoms with van der Waals surface area (Å²) >= 11 is 0. The Morgan fingerprint density at radius 3 is 2.39 bits per heavy atom. The molecular weight excluding hydrogens is 244 g/mol. The zero-order chi connectivity index (χ0) is 12.5. The van der Waals surface area contributed by atoms with Crippen LogP contribution in [0.15, 0.2) is 54.6 Å². The maximum absolute atomic E-state index is 12.3. The maximum Gasteiger partial charge on any atom is 0.175 e. The fourth-order valence-electron chi connectivity index (χ4n) is 2.37. The van der Waals surface area contributed by atoms with E-state index in [4.69, 9.17) is 0 Å². The summed E-state index contributed by atoms with van der Waals surface area (Å²) in [5.41, 5.74) is 2.61. The molecule has 0 saturated carbocycles. The highest BCUT2D eigenvalue weighted by Gasteiger charge is 2.31. The number of hydrogen-bond donors (Lipinski definition) is 0. The summed E-state index contributed by atoms with van der Waals surface area (Å²) in [5.74, 6) is 0.104. The second-order valence-electron chi connectivity index (χ2n) is 4.33. The summed E-state index contributed by atoms with van der Waals surface area (Å²) in [6.45, 7) is 0. The molecule has 0 aliphatic carbocycles. The zero-order valence-electron chi connectivity index (χ0n) is 9.71. The van der Waals surface area contributed by atoms with E-state index in [0.717, 1.165) is 11.1 Å². The molecule has 1 heterocycles. The Morgan fingerprint density at radius 2 is 1.61 bits per heavy atom. The van der Waals surface area contributed by atoms with Crippen molar-refractivity contribution in [1.29, 1.82) is 0 Å². The molecule has 1 aliphatic rings. The van der Waals surface area contributed by atoms with Gasteiger partial charge in [0, 0.05) is 16.4 Å². The first-order valence-corrected chi connectivity index (χ1v) is 7.20. The molecule has 3 heteroatoms. The quantitative estimate of drug-likeness (QED) is 0.786. The van der Waals surface area contributed by atoms with E-state index in [-0.39, 0.29) is 16.8 Å². The molecule has 0 bridgehead atoms. The van der Waals surface area contributed by atoms with Crippen LogP contribution in [0.2, 0.25) is 0 Å². The Kier molecular flexibility index (Phi) is 2.84. The number of carbonyl (C=O) groups excluding carboxylic acids is 1. The second kappa shape index (κ2) is 4.50. The molecule has 0 amide bonds. The topological polar surface area (TPSA) is 34.1 Å². The number of ketones is 1. The highest BCUT2D eigenvalue weighted by atomic mass is 32.2. The summed E-state index contributed by atoms with van der Waals surface area (Å²) in [5, 5.41) is -0.180. The van der Waals surface area contributed by atoms with E-state index in [0.29, 0.717) is 5.56 Å². The fraction of sp³-hybridized carbons (Fsp3) is 0.133. The third-order valence-corrected chi connectivity index (χ3v) is 4.78. The van der Waals surface area contributed by atoms with Crippen molar-refractivity contribution in [3.63, 3.8) is 0 Å². The van der Waals surface area contributed by atoms with Crippen LogP contribution >= 0.6 is 0 Å². The minimum Gasteiger partial charge on any atom is -0.293 e. The Labute approximate surface area is 108 Å². The standard InChI is InChI=1S/C15H12O2S/c16-14-10-18(17)15(11-6-2-1-3-7-11)13-9-5-4-8-12(13)14/h1-9,15H,10H2. The van der Waals surface area contributed by atoms with Crippen molar-refractivity contribution in [3.8, 4) is 0 Å². The fourth-order valence-corrected chi connectivity index (χ4v) is 3.90. The SMILES string of the molecule is O=C1CS(=O)C(c2ccccc2)c2ccccc21. The zero-order valence-corrected chi connectivity index (χ0v) is 10.5. The third kappa shape index (κ3) is 1.81. The van der Waals surface area contributed by atoms with E-state index in [2.05, 4.69) is 0 Å².